The molecule has 0 fully saturated rings. The van der Waals surface area contributed by atoms with Gasteiger partial charge in [0.05, 0.1) is 6.54 Å². The molecule has 3 aromatic rings. The van der Waals surface area contributed by atoms with Crippen LogP contribution >= 0.6 is 0 Å². The number of phenolic OH excluding ortho intramolecular Hbond substituents is 1. The van der Waals surface area contributed by atoms with Crippen molar-refractivity contribution in [2.24, 2.45) is 0 Å². The highest BCUT2D eigenvalue weighted by molar-refractivity contribution is 5.35. The Hall–Kier alpha value is -2.86. The number of aromatic hydroxyl groups is 1. The number of nitrogens with zero attached hydrogens (tertiary/aromatic N) is 3. The van der Waals surface area contributed by atoms with Crippen molar-refractivity contribution in [2.75, 3.05) is 6.61 Å². The molecule has 130 valence electrons. The van der Waals surface area contributed by atoms with Crippen molar-refractivity contribution in [3.63, 3.8) is 0 Å². The van der Waals surface area contributed by atoms with Crippen molar-refractivity contribution < 1.29 is 14.9 Å². The van der Waals surface area contributed by atoms with Gasteiger partial charge in [0.15, 0.2) is 0 Å². The van der Waals surface area contributed by atoms with Crippen molar-refractivity contribution in [3.8, 4) is 11.5 Å². The van der Waals surface area contributed by atoms with Crippen LogP contribution in [-0.4, -0.2) is 37.7 Å². The lowest BCUT2D eigenvalue weighted by atomic mass is 10.0. The predicted octanol–water partition coefficient (Wildman–Crippen LogP) is 2.21. The van der Waals surface area contributed by atoms with Crippen LogP contribution in [0.4, 0.5) is 0 Å². The fourth-order valence-electron chi connectivity index (χ4n) is 2.64. The van der Waals surface area contributed by atoms with E-state index in [4.69, 9.17) is 4.74 Å². The Labute approximate surface area is 146 Å². The lowest BCUT2D eigenvalue weighted by Crippen LogP contribution is -2.23. The van der Waals surface area contributed by atoms with Crippen LogP contribution < -0.4 is 4.74 Å². The summed E-state index contributed by atoms with van der Waals surface area (Å²) in [5.41, 5.74) is 2.14. The molecule has 1 aromatic heterocycles. The van der Waals surface area contributed by atoms with E-state index in [0.717, 1.165) is 29.7 Å². The molecule has 2 N–H and O–H groups in total. The van der Waals surface area contributed by atoms with Crippen LogP contribution in [-0.2, 0) is 19.4 Å². The Kier molecular flexibility index (Phi) is 5.64. The molecule has 6 heteroatoms. The number of benzene rings is 2. The Morgan fingerprint density at radius 3 is 2.60 bits per heavy atom. The van der Waals surface area contributed by atoms with E-state index in [9.17, 15) is 10.2 Å². The number of aryl methyl sites for hydroxylation is 2. The lowest BCUT2D eigenvalue weighted by molar-refractivity contribution is 0.0919. The van der Waals surface area contributed by atoms with Gasteiger partial charge in [-0.2, -0.15) is 0 Å². The summed E-state index contributed by atoms with van der Waals surface area (Å²) in [6.07, 6.45) is 4.08. The fraction of sp³-hybridized carbons (Fsp3) is 0.263. The second-order valence-electron chi connectivity index (χ2n) is 5.90. The number of ether oxygens (including phenoxy) is 1. The highest BCUT2D eigenvalue weighted by Crippen LogP contribution is 2.21. The highest BCUT2D eigenvalue weighted by atomic mass is 16.5. The first kappa shape index (κ1) is 17.0. The Bertz CT molecular complexity index is 790. The maximum Gasteiger partial charge on any atom is 0.122 e. The topological polar surface area (TPSA) is 80.4 Å². The van der Waals surface area contributed by atoms with E-state index in [1.807, 2.05) is 36.4 Å². The first-order valence-corrected chi connectivity index (χ1v) is 8.20. The van der Waals surface area contributed by atoms with Crippen LogP contribution in [0.5, 0.6) is 11.5 Å². The molecule has 0 spiro atoms. The number of aliphatic hydroxyl groups is 1. The number of aliphatic hydroxyl groups excluding tert-OH is 1. The van der Waals surface area contributed by atoms with Crippen molar-refractivity contribution in [2.45, 2.75) is 25.5 Å². The molecule has 0 unspecified atom stereocenters. The molecule has 6 nitrogen and oxygen atoms in total. The molecule has 1 atom stereocenters. The van der Waals surface area contributed by atoms with Crippen LogP contribution in [0.3, 0.4) is 0 Å². The van der Waals surface area contributed by atoms with Gasteiger partial charge in [0.25, 0.3) is 0 Å². The van der Waals surface area contributed by atoms with E-state index in [0.29, 0.717) is 6.54 Å². The zero-order chi connectivity index (χ0) is 17.5. The molecule has 3 rings (SSSR count). The minimum absolute atomic E-state index is 0.196. The number of hydrogen-bond acceptors (Lipinski definition) is 5. The molecule has 0 saturated carbocycles. The summed E-state index contributed by atoms with van der Waals surface area (Å²) in [6, 6.07) is 15.1. The Balaban J connectivity index is 1.56. The molecule has 0 aliphatic heterocycles. The minimum atomic E-state index is -0.643. The zero-order valence-electron chi connectivity index (χ0n) is 13.8. The number of rotatable bonds is 8. The molecule has 0 radical (unpaired) electrons. The van der Waals surface area contributed by atoms with E-state index in [1.165, 1.54) is 0 Å². The first-order valence-electron chi connectivity index (χ1n) is 8.20. The van der Waals surface area contributed by atoms with Gasteiger partial charge in [-0.25, -0.2) is 0 Å². The second-order valence-corrected chi connectivity index (χ2v) is 5.90. The summed E-state index contributed by atoms with van der Waals surface area (Å²) in [7, 11) is 0. The molecule has 25 heavy (non-hydrogen) atoms. The fourth-order valence-corrected chi connectivity index (χ4v) is 2.64. The molecule has 0 amide bonds. The molecular weight excluding hydrogens is 318 g/mol. The third-order valence-electron chi connectivity index (χ3n) is 3.89. The van der Waals surface area contributed by atoms with Crippen molar-refractivity contribution in [3.05, 3.63) is 72.3 Å². The van der Waals surface area contributed by atoms with Crippen LogP contribution in [0.1, 0.15) is 11.1 Å². The van der Waals surface area contributed by atoms with Gasteiger partial charge in [-0.1, -0.05) is 30.3 Å². The van der Waals surface area contributed by atoms with Crippen LogP contribution in [0, 0.1) is 0 Å². The van der Waals surface area contributed by atoms with Crippen molar-refractivity contribution in [1.82, 2.24) is 14.8 Å². The lowest BCUT2D eigenvalue weighted by Gasteiger charge is -2.15. The Morgan fingerprint density at radius 2 is 1.80 bits per heavy atom. The van der Waals surface area contributed by atoms with E-state index in [1.54, 1.807) is 29.4 Å². The SMILES string of the molecule is Oc1cccc(CCc2ccccc2OC[C@@H](O)Cn2cnnc2)c1. The highest BCUT2D eigenvalue weighted by Gasteiger charge is 2.09. The standard InChI is InChI=1S/C19H21N3O3/c23-17-6-3-4-15(10-17)8-9-16-5-1-2-7-19(16)25-12-18(24)11-22-13-20-21-14-22/h1-7,10,13-14,18,23-24H,8-9,11-12H2/t18-/m0/s1. The molecule has 0 bridgehead atoms. The third kappa shape index (κ3) is 5.06. The van der Waals surface area contributed by atoms with Crippen molar-refractivity contribution >= 4 is 0 Å². The molecule has 0 aliphatic carbocycles. The average molecular weight is 339 g/mol. The van der Waals surface area contributed by atoms with Crippen molar-refractivity contribution in [1.29, 1.82) is 0 Å². The smallest absolute Gasteiger partial charge is 0.122 e. The van der Waals surface area contributed by atoms with Gasteiger partial charge >= 0.3 is 0 Å². The van der Waals surface area contributed by atoms with E-state index < -0.39 is 6.10 Å². The van der Waals surface area contributed by atoms with Gasteiger partial charge in [0.2, 0.25) is 0 Å². The van der Waals surface area contributed by atoms with E-state index >= 15 is 0 Å². The van der Waals surface area contributed by atoms with Gasteiger partial charge in [0, 0.05) is 0 Å². The van der Waals surface area contributed by atoms with Crippen LogP contribution in [0.15, 0.2) is 61.2 Å². The predicted molar refractivity (Wildman–Crippen MR) is 93.5 cm³/mol. The van der Waals surface area contributed by atoms with Gasteiger partial charge < -0.3 is 19.5 Å². The molecule has 0 saturated heterocycles. The average Bonchev–Trinajstić information content (AvgIpc) is 3.12. The van der Waals surface area contributed by atoms with Crippen LogP contribution in [0.2, 0.25) is 0 Å². The zero-order valence-corrected chi connectivity index (χ0v) is 13.8. The maximum atomic E-state index is 10.1. The Morgan fingerprint density at radius 1 is 1.00 bits per heavy atom. The molecule has 0 aliphatic rings. The number of para-hydroxylation sites is 1. The quantitative estimate of drug-likeness (QED) is 0.658. The normalized spacial score (nSPS) is 12.0. The summed E-state index contributed by atoms with van der Waals surface area (Å²) in [6.45, 7) is 0.583. The maximum absolute atomic E-state index is 10.1. The molecule has 1 heterocycles. The summed E-state index contributed by atoms with van der Waals surface area (Å²) in [5, 5.41) is 27.1. The summed E-state index contributed by atoms with van der Waals surface area (Å²) in [5.74, 6) is 1.05. The number of hydrogen-bond donors (Lipinski definition) is 2. The van der Waals surface area contributed by atoms with Gasteiger partial charge in [-0.05, 0) is 42.2 Å². The largest absolute Gasteiger partial charge is 0.508 e. The molecule has 2 aromatic carbocycles. The van der Waals surface area contributed by atoms with Gasteiger partial charge in [-0.15, -0.1) is 10.2 Å². The number of phenols is 1. The summed E-state index contributed by atoms with van der Waals surface area (Å²) >= 11 is 0. The van der Waals surface area contributed by atoms with E-state index in [-0.39, 0.29) is 12.4 Å². The summed E-state index contributed by atoms with van der Waals surface area (Å²) in [4.78, 5) is 0. The third-order valence-corrected chi connectivity index (χ3v) is 3.89. The second kappa shape index (κ2) is 8.30. The van der Waals surface area contributed by atoms with E-state index in [2.05, 4.69) is 10.2 Å². The van der Waals surface area contributed by atoms with Gasteiger partial charge in [0.1, 0.15) is 36.9 Å². The van der Waals surface area contributed by atoms with Crippen LogP contribution in [0.25, 0.3) is 0 Å². The summed E-state index contributed by atoms with van der Waals surface area (Å²) < 4.78 is 7.52. The number of aromatic nitrogens is 3. The molecular formula is C19H21N3O3. The minimum Gasteiger partial charge on any atom is -0.508 e. The first-order chi connectivity index (χ1) is 12.2. The van der Waals surface area contributed by atoms with Gasteiger partial charge in [-0.3, -0.25) is 0 Å². The monoisotopic (exact) mass is 339 g/mol.